The SMILES string of the molecule is Brc1ccc2nc(NCCN3CCCCC3)ncc2c1. The Morgan fingerprint density at radius 2 is 2.05 bits per heavy atom. The van der Waals surface area contributed by atoms with Crippen molar-refractivity contribution in [2.24, 2.45) is 0 Å². The average Bonchev–Trinajstić information content (AvgIpc) is 2.48. The van der Waals surface area contributed by atoms with Crippen LogP contribution in [0, 0.1) is 0 Å². The number of likely N-dealkylation sites (tertiary alicyclic amines) is 1. The summed E-state index contributed by atoms with van der Waals surface area (Å²) in [5.74, 6) is 0.719. The summed E-state index contributed by atoms with van der Waals surface area (Å²) in [6.07, 6.45) is 5.92. The van der Waals surface area contributed by atoms with Gasteiger partial charge in [-0.15, -0.1) is 0 Å². The van der Waals surface area contributed by atoms with Crippen LogP contribution in [0.15, 0.2) is 28.9 Å². The molecule has 5 heteroatoms. The van der Waals surface area contributed by atoms with Crippen molar-refractivity contribution in [1.29, 1.82) is 0 Å². The first-order valence-electron chi connectivity index (χ1n) is 7.20. The Labute approximate surface area is 127 Å². The third kappa shape index (κ3) is 3.46. The van der Waals surface area contributed by atoms with E-state index >= 15 is 0 Å². The van der Waals surface area contributed by atoms with Crippen molar-refractivity contribution >= 4 is 32.8 Å². The highest BCUT2D eigenvalue weighted by Crippen LogP contribution is 2.18. The van der Waals surface area contributed by atoms with Crippen LogP contribution in [-0.2, 0) is 0 Å². The van der Waals surface area contributed by atoms with Crippen molar-refractivity contribution in [1.82, 2.24) is 14.9 Å². The Hall–Kier alpha value is -1.20. The van der Waals surface area contributed by atoms with Gasteiger partial charge in [0.05, 0.1) is 5.52 Å². The van der Waals surface area contributed by atoms with E-state index in [1.54, 1.807) is 0 Å². The lowest BCUT2D eigenvalue weighted by molar-refractivity contribution is 0.237. The van der Waals surface area contributed by atoms with Gasteiger partial charge in [-0.05, 0) is 44.1 Å². The summed E-state index contributed by atoms with van der Waals surface area (Å²) in [6, 6.07) is 6.05. The molecule has 0 aliphatic carbocycles. The Balaban J connectivity index is 1.58. The van der Waals surface area contributed by atoms with Crippen molar-refractivity contribution in [3.8, 4) is 0 Å². The molecular formula is C15H19BrN4. The number of piperidine rings is 1. The van der Waals surface area contributed by atoms with Gasteiger partial charge in [-0.25, -0.2) is 9.97 Å². The molecule has 0 atom stereocenters. The molecule has 0 bridgehead atoms. The number of aromatic nitrogens is 2. The number of nitrogens with zero attached hydrogens (tertiary/aromatic N) is 3. The molecular weight excluding hydrogens is 316 g/mol. The minimum atomic E-state index is 0.719. The number of fused-ring (bicyclic) bond motifs is 1. The highest BCUT2D eigenvalue weighted by molar-refractivity contribution is 9.10. The second-order valence-corrected chi connectivity index (χ2v) is 6.14. The largest absolute Gasteiger partial charge is 0.353 e. The standard InChI is InChI=1S/C15H19BrN4/c16-13-4-5-14-12(10-13)11-18-15(19-14)17-6-9-20-7-2-1-3-8-20/h4-5,10-11H,1-3,6-9H2,(H,17,18,19). The van der Waals surface area contributed by atoms with Crippen molar-refractivity contribution in [3.05, 3.63) is 28.9 Å². The van der Waals surface area contributed by atoms with E-state index in [0.717, 1.165) is 34.4 Å². The normalized spacial score (nSPS) is 16.4. The van der Waals surface area contributed by atoms with Gasteiger partial charge in [-0.2, -0.15) is 0 Å². The quantitative estimate of drug-likeness (QED) is 0.931. The number of halogens is 1. The van der Waals surface area contributed by atoms with Gasteiger partial charge in [0, 0.05) is 29.1 Å². The molecule has 0 spiro atoms. The smallest absolute Gasteiger partial charge is 0.223 e. The molecule has 0 radical (unpaired) electrons. The minimum Gasteiger partial charge on any atom is -0.353 e. The number of hydrogen-bond donors (Lipinski definition) is 1. The number of rotatable bonds is 4. The van der Waals surface area contributed by atoms with E-state index in [0.29, 0.717) is 0 Å². The Morgan fingerprint density at radius 1 is 1.20 bits per heavy atom. The third-order valence-corrected chi connectivity index (χ3v) is 4.19. The molecule has 4 nitrogen and oxygen atoms in total. The summed E-state index contributed by atoms with van der Waals surface area (Å²) < 4.78 is 1.06. The molecule has 3 rings (SSSR count). The molecule has 2 aromatic rings. The van der Waals surface area contributed by atoms with E-state index < -0.39 is 0 Å². The van der Waals surface area contributed by atoms with E-state index in [-0.39, 0.29) is 0 Å². The van der Waals surface area contributed by atoms with Gasteiger partial charge in [0.2, 0.25) is 5.95 Å². The summed E-state index contributed by atoms with van der Waals surface area (Å²) in [5.41, 5.74) is 0.976. The lowest BCUT2D eigenvalue weighted by Crippen LogP contribution is -2.33. The van der Waals surface area contributed by atoms with Crippen LogP contribution >= 0.6 is 15.9 Å². The van der Waals surface area contributed by atoms with Crippen molar-refractivity contribution in [3.63, 3.8) is 0 Å². The number of benzene rings is 1. The van der Waals surface area contributed by atoms with E-state index in [4.69, 9.17) is 0 Å². The van der Waals surface area contributed by atoms with Gasteiger partial charge < -0.3 is 10.2 Å². The molecule has 0 amide bonds. The summed E-state index contributed by atoms with van der Waals surface area (Å²) in [5, 5.41) is 4.38. The second-order valence-electron chi connectivity index (χ2n) is 5.23. The predicted molar refractivity (Wildman–Crippen MR) is 86.0 cm³/mol. The van der Waals surface area contributed by atoms with Gasteiger partial charge >= 0.3 is 0 Å². The molecule has 0 unspecified atom stereocenters. The van der Waals surface area contributed by atoms with Crippen molar-refractivity contribution in [2.45, 2.75) is 19.3 Å². The summed E-state index contributed by atoms with van der Waals surface area (Å²) >= 11 is 3.46. The van der Waals surface area contributed by atoms with Gasteiger partial charge in [0.25, 0.3) is 0 Å². The molecule has 20 heavy (non-hydrogen) atoms. The number of anilines is 1. The Kier molecular flexibility index (Phi) is 4.47. The fourth-order valence-corrected chi connectivity index (χ4v) is 2.98. The summed E-state index contributed by atoms with van der Waals surface area (Å²) in [6.45, 7) is 4.44. The van der Waals surface area contributed by atoms with Gasteiger partial charge in [0.1, 0.15) is 0 Å². The van der Waals surface area contributed by atoms with Crippen LogP contribution < -0.4 is 5.32 Å². The number of hydrogen-bond acceptors (Lipinski definition) is 4. The Morgan fingerprint density at radius 3 is 2.90 bits per heavy atom. The number of nitrogens with one attached hydrogen (secondary N) is 1. The fourth-order valence-electron chi connectivity index (χ4n) is 2.60. The van der Waals surface area contributed by atoms with Gasteiger partial charge in [-0.3, -0.25) is 0 Å². The van der Waals surface area contributed by atoms with Crippen molar-refractivity contribution < 1.29 is 0 Å². The predicted octanol–water partition coefficient (Wildman–Crippen LogP) is 3.29. The van der Waals surface area contributed by atoms with Crippen LogP contribution in [0.4, 0.5) is 5.95 Å². The summed E-state index contributed by atoms with van der Waals surface area (Å²) in [4.78, 5) is 11.4. The summed E-state index contributed by atoms with van der Waals surface area (Å²) in [7, 11) is 0. The molecule has 1 N–H and O–H groups in total. The topological polar surface area (TPSA) is 41.1 Å². The monoisotopic (exact) mass is 334 g/mol. The van der Waals surface area contributed by atoms with E-state index in [2.05, 4.69) is 36.1 Å². The first-order valence-corrected chi connectivity index (χ1v) is 7.99. The van der Waals surface area contributed by atoms with Crippen LogP contribution in [0.3, 0.4) is 0 Å². The van der Waals surface area contributed by atoms with Crippen LogP contribution in [-0.4, -0.2) is 41.0 Å². The highest BCUT2D eigenvalue weighted by atomic mass is 79.9. The molecule has 2 heterocycles. The molecule has 106 valence electrons. The minimum absolute atomic E-state index is 0.719. The maximum absolute atomic E-state index is 4.54. The van der Waals surface area contributed by atoms with Crippen molar-refractivity contribution in [2.75, 3.05) is 31.5 Å². The zero-order chi connectivity index (χ0) is 13.8. The van der Waals surface area contributed by atoms with Crippen LogP contribution in [0.2, 0.25) is 0 Å². The lowest BCUT2D eigenvalue weighted by atomic mass is 10.1. The molecule has 1 aromatic heterocycles. The average molecular weight is 335 g/mol. The zero-order valence-electron chi connectivity index (χ0n) is 11.5. The first kappa shape index (κ1) is 13.8. The van der Waals surface area contributed by atoms with Gasteiger partial charge in [-0.1, -0.05) is 22.4 Å². The molecule has 0 saturated carbocycles. The van der Waals surface area contributed by atoms with E-state index in [1.165, 1.54) is 32.4 Å². The van der Waals surface area contributed by atoms with Crippen LogP contribution in [0.1, 0.15) is 19.3 Å². The van der Waals surface area contributed by atoms with Gasteiger partial charge in [0.15, 0.2) is 0 Å². The second kappa shape index (κ2) is 6.50. The molecule has 1 fully saturated rings. The van der Waals surface area contributed by atoms with E-state index in [1.807, 2.05) is 24.4 Å². The third-order valence-electron chi connectivity index (χ3n) is 3.70. The van der Waals surface area contributed by atoms with Crippen LogP contribution in [0.25, 0.3) is 10.9 Å². The first-order chi connectivity index (χ1) is 9.81. The van der Waals surface area contributed by atoms with E-state index in [9.17, 15) is 0 Å². The lowest BCUT2D eigenvalue weighted by Gasteiger charge is -2.26. The highest BCUT2D eigenvalue weighted by Gasteiger charge is 2.09. The Bertz CT molecular complexity index is 581. The molecule has 1 aliphatic heterocycles. The van der Waals surface area contributed by atoms with Crippen LogP contribution in [0.5, 0.6) is 0 Å². The maximum Gasteiger partial charge on any atom is 0.223 e. The molecule has 1 saturated heterocycles. The maximum atomic E-state index is 4.54. The zero-order valence-corrected chi connectivity index (χ0v) is 13.1. The molecule has 1 aliphatic rings. The molecule has 1 aromatic carbocycles. The fraction of sp³-hybridized carbons (Fsp3) is 0.467.